The van der Waals surface area contributed by atoms with Crippen molar-refractivity contribution in [1.82, 2.24) is 9.97 Å². The third-order valence-corrected chi connectivity index (χ3v) is 3.26. The van der Waals surface area contributed by atoms with Gasteiger partial charge >= 0.3 is 5.69 Å². The Morgan fingerprint density at radius 3 is 2.40 bits per heavy atom. The van der Waals surface area contributed by atoms with E-state index in [1.165, 1.54) is 11.8 Å². The van der Waals surface area contributed by atoms with Gasteiger partial charge in [-0.3, -0.25) is 24.5 Å². The lowest BCUT2D eigenvalue weighted by molar-refractivity contribution is -0.115. The van der Waals surface area contributed by atoms with Crippen LogP contribution < -0.4 is 21.0 Å². The first kappa shape index (κ1) is 12.2. The van der Waals surface area contributed by atoms with Gasteiger partial charge in [-0.25, -0.2) is 4.79 Å². The Morgan fingerprint density at radius 1 is 1.10 bits per heavy atom. The molecule has 0 saturated carbocycles. The van der Waals surface area contributed by atoms with Gasteiger partial charge in [0.15, 0.2) is 5.69 Å². The Hall–Kier alpha value is -2.83. The summed E-state index contributed by atoms with van der Waals surface area (Å²) < 4.78 is 0. The van der Waals surface area contributed by atoms with Gasteiger partial charge in [0.1, 0.15) is 5.82 Å². The van der Waals surface area contributed by atoms with Crippen molar-refractivity contribution < 1.29 is 4.79 Å². The number of benzene rings is 1. The Kier molecular flexibility index (Phi) is 2.50. The van der Waals surface area contributed by atoms with E-state index in [9.17, 15) is 14.4 Å². The largest absolute Gasteiger partial charge is 0.327 e. The lowest BCUT2D eigenvalue weighted by atomic mass is 10.1. The highest BCUT2D eigenvalue weighted by Gasteiger charge is 2.31. The van der Waals surface area contributed by atoms with Gasteiger partial charge in [-0.2, -0.15) is 0 Å². The summed E-state index contributed by atoms with van der Waals surface area (Å²) in [6.45, 7) is 1.37. The summed E-state index contributed by atoms with van der Waals surface area (Å²) in [5, 5.41) is 0. The lowest BCUT2D eigenvalue weighted by Gasteiger charge is -2.35. The summed E-state index contributed by atoms with van der Waals surface area (Å²) in [5.41, 5.74) is 0.256. The second kappa shape index (κ2) is 4.09. The number of anilines is 4. The van der Waals surface area contributed by atoms with Crippen LogP contribution in [0, 0.1) is 0 Å². The molecule has 0 bridgehead atoms. The minimum absolute atomic E-state index is 0.123. The van der Waals surface area contributed by atoms with Gasteiger partial charge in [-0.15, -0.1) is 0 Å². The molecule has 2 heterocycles. The predicted molar refractivity (Wildman–Crippen MR) is 75.0 cm³/mol. The highest BCUT2D eigenvalue weighted by molar-refractivity contribution is 6.07. The lowest BCUT2D eigenvalue weighted by Crippen LogP contribution is -2.39. The summed E-state index contributed by atoms with van der Waals surface area (Å²) in [6, 6.07) is 7.17. The van der Waals surface area contributed by atoms with E-state index in [0.29, 0.717) is 11.5 Å². The predicted octanol–water partition coefficient (Wildman–Crippen LogP) is 0.829. The number of carbonyl (C=O) groups excluding carboxylic acids is 1. The number of fused-ring (bicyclic) bond motifs is 2. The molecule has 1 amide bonds. The van der Waals surface area contributed by atoms with Crippen LogP contribution in [0.4, 0.5) is 22.9 Å². The molecule has 1 aromatic carbocycles. The molecule has 1 aliphatic rings. The summed E-state index contributed by atoms with van der Waals surface area (Å²) >= 11 is 0. The van der Waals surface area contributed by atoms with E-state index >= 15 is 0 Å². The molecule has 0 atom stereocenters. The maximum Gasteiger partial charge on any atom is 0.327 e. The third-order valence-electron chi connectivity index (χ3n) is 3.26. The molecule has 7 nitrogen and oxygen atoms in total. The van der Waals surface area contributed by atoms with Gasteiger partial charge in [0.05, 0.1) is 11.4 Å². The molecular formula is C13H12N4O3. The van der Waals surface area contributed by atoms with Gasteiger partial charge < -0.3 is 4.90 Å². The van der Waals surface area contributed by atoms with Crippen LogP contribution in [0.1, 0.15) is 6.92 Å². The van der Waals surface area contributed by atoms with Crippen LogP contribution in [0.5, 0.6) is 0 Å². The van der Waals surface area contributed by atoms with Gasteiger partial charge in [-0.1, -0.05) is 12.1 Å². The fourth-order valence-corrected chi connectivity index (χ4v) is 2.42. The summed E-state index contributed by atoms with van der Waals surface area (Å²) in [5.74, 6) is -0.00278. The number of carbonyl (C=O) groups is 1. The molecule has 0 radical (unpaired) electrons. The molecule has 0 aliphatic carbocycles. The van der Waals surface area contributed by atoms with E-state index in [1.54, 1.807) is 24.1 Å². The molecule has 7 heteroatoms. The average molecular weight is 272 g/mol. The van der Waals surface area contributed by atoms with Crippen LogP contribution >= 0.6 is 0 Å². The van der Waals surface area contributed by atoms with Crippen LogP contribution in [0.2, 0.25) is 0 Å². The van der Waals surface area contributed by atoms with E-state index in [0.717, 1.165) is 5.69 Å². The Balaban J connectivity index is 2.41. The van der Waals surface area contributed by atoms with Crippen molar-refractivity contribution >= 4 is 28.8 Å². The molecule has 0 unspecified atom stereocenters. The molecule has 0 fully saturated rings. The first-order valence-corrected chi connectivity index (χ1v) is 6.00. The minimum atomic E-state index is -0.608. The molecule has 1 aliphatic heterocycles. The first-order valence-electron chi connectivity index (χ1n) is 6.00. The fourth-order valence-electron chi connectivity index (χ4n) is 2.42. The van der Waals surface area contributed by atoms with Gasteiger partial charge in [0, 0.05) is 14.0 Å². The number of amides is 1. The number of aromatic nitrogens is 2. The van der Waals surface area contributed by atoms with Crippen molar-refractivity contribution in [3.05, 3.63) is 45.1 Å². The van der Waals surface area contributed by atoms with E-state index in [1.807, 2.05) is 12.1 Å². The summed E-state index contributed by atoms with van der Waals surface area (Å²) in [7, 11) is 1.73. The number of nitrogens with one attached hydrogen (secondary N) is 2. The first-order chi connectivity index (χ1) is 9.50. The van der Waals surface area contributed by atoms with Crippen molar-refractivity contribution in [3.63, 3.8) is 0 Å². The SMILES string of the molecule is CC(=O)N1c2ccccc2N(C)c2[nH]c(=O)[nH]c(=O)c21. The molecule has 0 spiro atoms. The number of nitrogens with zero attached hydrogens (tertiary/aromatic N) is 2. The Labute approximate surface area is 113 Å². The second-order valence-corrected chi connectivity index (χ2v) is 4.51. The molecule has 3 rings (SSSR count). The third kappa shape index (κ3) is 1.56. The van der Waals surface area contributed by atoms with E-state index in [4.69, 9.17) is 0 Å². The highest BCUT2D eigenvalue weighted by atomic mass is 16.2. The summed E-state index contributed by atoms with van der Waals surface area (Å²) in [4.78, 5) is 43.1. The van der Waals surface area contributed by atoms with E-state index in [2.05, 4.69) is 9.97 Å². The van der Waals surface area contributed by atoms with E-state index in [-0.39, 0.29) is 11.6 Å². The van der Waals surface area contributed by atoms with Crippen LogP contribution in [-0.4, -0.2) is 22.9 Å². The molecule has 20 heavy (non-hydrogen) atoms. The zero-order valence-corrected chi connectivity index (χ0v) is 10.9. The molecule has 102 valence electrons. The standard InChI is InChI=1S/C13H12N4O3/c1-7(18)17-9-6-4-3-5-8(9)16(2)11-10(17)12(19)15-13(20)14-11/h3-6H,1-2H3,(H2,14,15,19,20). The number of hydrogen-bond acceptors (Lipinski definition) is 4. The van der Waals surface area contributed by atoms with Crippen LogP contribution in [0.15, 0.2) is 33.9 Å². The fraction of sp³-hybridized carbons (Fsp3) is 0.154. The zero-order valence-electron chi connectivity index (χ0n) is 10.9. The van der Waals surface area contributed by atoms with Crippen molar-refractivity contribution in [2.24, 2.45) is 0 Å². The maximum absolute atomic E-state index is 12.1. The normalized spacial score (nSPS) is 12.9. The summed E-state index contributed by atoms with van der Waals surface area (Å²) in [6.07, 6.45) is 0. The topological polar surface area (TPSA) is 89.3 Å². The molecule has 0 saturated heterocycles. The number of para-hydroxylation sites is 2. The molecule has 2 aromatic rings. The number of aromatic amines is 2. The van der Waals surface area contributed by atoms with Crippen LogP contribution in [-0.2, 0) is 4.79 Å². The average Bonchev–Trinajstić information content (AvgIpc) is 2.40. The zero-order chi connectivity index (χ0) is 14.4. The minimum Gasteiger partial charge on any atom is -0.327 e. The van der Waals surface area contributed by atoms with Crippen molar-refractivity contribution in [1.29, 1.82) is 0 Å². The van der Waals surface area contributed by atoms with Gasteiger partial charge in [0.25, 0.3) is 5.56 Å². The molecule has 1 aromatic heterocycles. The van der Waals surface area contributed by atoms with Crippen molar-refractivity contribution in [2.75, 3.05) is 16.8 Å². The van der Waals surface area contributed by atoms with Crippen LogP contribution in [0.3, 0.4) is 0 Å². The smallest absolute Gasteiger partial charge is 0.327 e. The molecular weight excluding hydrogens is 260 g/mol. The number of H-pyrrole nitrogens is 2. The van der Waals surface area contributed by atoms with Crippen LogP contribution in [0.25, 0.3) is 0 Å². The quantitative estimate of drug-likeness (QED) is 0.743. The maximum atomic E-state index is 12.1. The van der Waals surface area contributed by atoms with Gasteiger partial charge in [-0.05, 0) is 12.1 Å². The van der Waals surface area contributed by atoms with Crippen molar-refractivity contribution in [2.45, 2.75) is 6.92 Å². The molecule has 2 N–H and O–H groups in total. The van der Waals surface area contributed by atoms with Crippen molar-refractivity contribution in [3.8, 4) is 0 Å². The Morgan fingerprint density at radius 2 is 1.75 bits per heavy atom. The Bertz CT molecular complexity index is 821. The highest BCUT2D eigenvalue weighted by Crippen LogP contribution is 2.43. The second-order valence-electron chi connectivity index (χ2n) is 4.51. The number of rotatable bonds is 0. The van der Waals surface area contributed by atoms with E-state index < -0.39 is 11.2 Å². The monoisotopic (exact) mass is 272 g/mol. The number of hydrogen-bond donors (Lipinski definition) is 2. The van der Waals surface area contributed by atoms with Gasteiger partial charge in [0.2, 0.25) is 5.91 Å².